The van der Waals surface area contributed by atoms with Crippen LogP contribution in [0.5, 0.6) is 0 Å². The number of allylic oxidation sites excluding steroid dienone is 2. The molecule has 24 heavy (non-hydrogen) atoms. The molecular formula is C22H32O2. The second kappa shape index (κ2) is 5.75. The zero-order valence-corrected chi connectivity index (χ0v) is 15.5. The molecule has 3 saturated carbocycles. The summed E-state index contributed by atoms with van der Waals surface area (Å²) in [4.78, 5) is 11.6. The van der Waals surface area contributed by atoms with E-state index < -0.39 is 0 Å². The van der Waals surface area contributed by atoms with Crippen LogP contribution in [0, 0.1) is 28.6 Å². The first-order chi connectivity index (χ1) is 11.5. The number of ether oxygens (including phenoxy) is 1. The van der Waals surface area contributed by atoms with Gasteiger partial charge in [-0.3, -0.25) is 4.79 Å². The van der Waals surface area contributed by atoms with Gasteiger partial charge in [0, 0.05) is 11.8 Å². The SMILES string of the molecule is CCC(=O)OC1C=C[C@@]2(C)C(=C1)CC[C@H]1[C@@H]3CCC[C@@]3(C)CC[C@@H]12. The molecule has 0 amide bonds. The van der Waals surface area contributed by atoms with Gasteiger partial charge in [-0.15, -0.1) is 0 Å². The van der Waals surface area contributed by atoms with Gasteiger partial charge in [0.2, 0.25) is 0 Å². The van der Waals surface area contributed by atoms with Gasteiger partial charge in [0.05, 0.1) is 0 Å². The van der Waals surface area contributed by atoms with E-state index in [2.05, 4.69) is 32.1 Å². The number of fused-ring (bicyclic) bond motifs is 5. The highest BCUT2D eigenvalue weighted by atomic mass is 16.5. The number of carbonyl (C=O) groups is 1. The highest BCUT2D eigenvalue weighted by molar-refractivity contribution is 5.69. The molecule has 4 aliphatic rings. The first-order valence-corrected chi connectivity index (χ1v) is 10.1. The van der Waals surface area contributed by atoms with Gasteiger partial charge in [-0.1, -0.05) is 38.8 Å². The van der Waals surface area contributed by atoms with E-state index >= 15 is 0 Å². The lowest BCUT2D eigenvalue weighted by molar-refractivity contribution is -0.144. The number of esters is 1. The molecule has 0 aliphatic heterocycles. The third kappa shape index (κ3) is 2.40. The topological polar surface area (TPSA) is 26.3 Å². The van der Waals surface area contributed by atoms with Crippen molar-refractivity contribution in [1.29, 1.82) is 0 Å². The summed E-state index contributed by atoms with van der Waals surface area (Å²) in [6, 6.07) is 0. The number of rotatable bonds is 2. The van der Waals surface area contributed by atoms with Crippen LogP contribution in [-0.4, -0.2) is 12.1 Å². The van der Waals surface area contributed by atoms with Gasteiger partial charge in [-0.05, 0) is 73.8 Å². The Labute approximate surface area is 146 Å². The predicted octanol–water partition coefficient (Wildman–Crippen LogP) is 5.44. The van der Waals surface area contributed by atoms with Gasteiger partial charge >= 0.3 is 5.97 Å². The summed E-state index contributed by atoms with van der Waals surface area (Å²) < 4.78 is 5.55. The van der Waals surface area contributed by atoms with Crippen molar-refractivity contribution in [3.63, 3.8) is 0 Å². The summed E-state index contributed by atoms with van der Waals surface area (Å²) in [5.41, 5.74) is 2.35. The van der Waals surface area contributed by atoms with E-state index in [9.17, 15) is 4.79 Å². The van der Waals surface area contributed by atoms with Crippen LogP contribution in [0.2, 0.25) is 0 Å². The maximum absolute atomic E-state index is 11.6. The molecule has 0 bridgehead atoms. The van der Waals surface area contributed by atoms with E-state index in [4.69, 9.17) is 4.74 Å². The Morgan fingerprint density at radius 2 is 2.04 bits per heavy atom. The smallest absolute Gasteiger partial charge is 0.306 e. The monoisotopic (exact) mass is 328 g/mol. The molecule has 132 valence electrons. The summed E-state index contributed by atoms with van der Waals surface area (Å²) in [6.45, 7) is 6.87. The molecule has 0 saturated heterocycles. The molecule has 4 aliphatic carbocycles. The van der Waals surface area contributed by atoms with Gasteiger partial charge in [-0.2, -0.15) is 0 Å². The molecule has 0 N–H and O–H groups in total. The first kappa shape index (κ1) is 16.4. The molecule has 3 fully saturated rings. The average molecular weight is 328 g/mol. The van der Waals surface area contributed by atoms with Gasteiger partial charge in [0.25, 0.3) is 0 Å². The number of carbonyl (C=O) groups excluding carboxylic acids is 1. The van der Waals surface area contributed by atoms with Gasteiger partial charge in [0.1, 0.15) is 6.10 Å². The molecular weight excluding hydrogens is 296 g/mol. The molecule has 0 spiro atoms. The Morgan fingerprint density at radius 1 is 1.21 bits per heavy atom. The van der Waals surface area contributed by atoms with Crippen molar-refractivity contribution in [3.05, 3.63) is 23.8 Å². The number of hydrogen-bond donors (Lipinski definition) is 0. The Bertz CT molecular complexity index is 589. The third-order valence-electron chi connectivity index (χ3n) is 7.98. The maximum Gasteiger partial charge on any atom is 0.306 e. The molecule has 0 radical (unpaired) electrons. The van der Waals surface area contributed by atoms with Gasteiger partial charge in [0.15, 0.2) is 0 Å². The van der Waals surface area contributed by atoms with Crippen LogP contribution >= 0.6 is 0 Å². The van der Waals surface area contributed by atoms with Crippen molar-refractivity contribution in [2.24, 2.45) is 28.6 Å². The van der Waals surface area contributed by atoms with Crippen LogP contribution in [0.3, 0.4) is 0 Å². The van der Waals surface area contributed by atoms with E-state index in [1.807, 2.05) is 6.92 Å². The zero-order valence-electron chi connectivity index (χ0n) is 15.5. The molecule has 0 aromatic heterocycles. The van der Waals surface area contributed by atoms with Gasteiger partial charge < -0.3 is 4.74 Å². The quantitative estimate of drug-likeness (QED) is 0.498. The first-order valence-electron chi connectivity index (χ1n) is 10.1. The van der Waals surface area contributed by atoms with Crippen LogP contribution in [0.25, 0.3) is 0 Å². The van der Waals surface area contributed by atoms with E-state index in [0.29, 0.717) is 11.8 Å². The van der Waals surface area contributed by atoms with Crippen molar-refractivity contribution in [1.82, 2.24) is 0 Å². The maximum atomic E-state index is 11.6. The van der Waals surface area contributed by atoms with Crippen molar-refractivity contribution in [2.45, 2.75) is 78.2 Å². The second-order valence-corrected chi connectivity index (χ2v) is 9.14. The zero-order chi connectivity index (χ0) is 16.9. The highest BCUT2D eigenvalue weighted by Crippen LogP contribution is 2.64. The summed E-state index contributed by atoms with van der Waals surface area (Å²) >= 11 is 0. The molecule has 0 aromatic rings. The van der Waals surface area contributed by atoms with Crippen LogP contribution in [-0.2, 0) is 9.53 Å². The minimum atomic E-state index is -0.141. The lowest BCUT2D eigenvalue weighted by Crippen LogP contribution is -2.48. The van der Waals surface area contributed by atoms with Crippen LogP contribution < -0.4 is 0 Å². The Morgan fingerprint density at radius 3 is 2.83 bits per heavy atom. The molecule has 0 aromatic carbocycles. The third-order valence-corrected chi connectivity index (χ3v) is 7.98. The fourth-order valence-corrected chi connectivity index (χ4v) is 6.61. The minimum Gasteiger partial charge on any atom is -0.454 e. The standard InChI is InChI=1S/C22H32O2/c1-4-20(23)24-16-9-13-22(3)15(14-16)7-8-17-18-6-5-11-21(18,2)12-10-19(17)22/h9,13-14,16-19H,4-8,10-12H2,1-3H3/t16?,17-,18-,19-,21-,22-/m0/s1. The normalized spacial score (nSPS) is 46.5. The van der Waals surface area contributed by atoms with Crippen LogP contribution in [0.1, 0.15) is 72.1 Å². The molecule has 4 rings (SSSR count). The van der Waals surface area contributed by atoms with Crippen LogP contribution in [0.4, 0.5) is 0 Å². The average Bonchev–Trinajstić information content (AvgIpc) is 2.97. The van der Waals surface area contributed by atoms with E-state index in [0.717, 1.165) is 17.8 Å². The number of hydrogen-bond acceptors (Lipinski definition) is 2. The largest absolute Gasteiger partial charge is 0.454 e. The van der Waals surface area contributed by atoms with Crippen molar-refractivity contribution in [2.75, 3.05) is 0 Å². The Hall–Kier alpha value is -1.05. The highest BCUT2D eigenvalue weighted by Gasteiger charge is 2.55. The van der Waals surface area contributed by atoms with E-state index in [1.165, 1.54) is 50.5 Å². The summed E-state index contributed by atoms with van der Waals surface area (Å²) in [7, 11) is 0. The molecule has 2 heteroatoms. The Kier molecular flexibility index (Phi) is 3.93. The van der Waals surface area contributed by atoms with Crippen molar-refractivity contribution in [3.8, 4) is 0 Å². The Balaban J connectivity index is 1.58. The van der Waals surface area contributed by atoms with Crippen LogP contribution in [0.15, 0.2) is 23.8 Å². The van der Waals surface area contributed by atoms with E-state index in [-0.39, 0.29) is 17.5 Å². The summed E-state index contributed by atoms with van der Waals surface area (Å²) in [5, 5.41) is 0. The molecule has 2 nitrogen and oxygen atoms in total. The molecule has 1 unspecified atom stereocenters. The summed E-state index contributed by atoms with van der Waals surface area (Å²) in [5.74, 6) is 2.53. The fraction of sp³-hybridized carbons (Fsp3) is 0.773. The molecule has 6 atom stereocenters. The fourth-order valence-electron chi connectivity index (χ4n) is 6.61. The van der Waals surface area contributed by atoms with Gasteiger partial charge in [-0.25, -0.2) is 0 Å². The molecule has 0 heterocycles. The predicted molar refractivity (Wildman–Crippen MR) is 96.4 cm³/mol. The second-order valence-electron chi connectivity index (χ2n) is 9.14. The lowest BCUT2D eigenvalue weighted by Gasteiger charge is -2.56. The van der Waals surface area contributed by atoms with E-state index in [1.54, 1.807) is 0 Å². The van der Waals surface area contributed by atoms with Crippen molar-refractivity contribution >= 4 is 5.97 Å². The lowest BCUT2D eigenvalue weighted by atomic mass is 9.48. The minimum absolute atomic E-state index is 0.0989. The summed E-state index contributed by atoms with van der Waals surface area (Å²) in [6.07, 6.45) is 16.8. The van der Waals surface area contributed by atoms with Crippen molar-refractivity contribution < 1.29 is 9.53 Å².